The Labute approximate surface area is 136 Å². The number of amides is 1. The summed E-state index contributed by atoms with van der Waals surface area (Å²) in [6, 6.07) is 0.622. The second-order valence-corrected chi connectivity index (χ2v) is 6.40. The molecular formula is C16H19F3N2O3. The number of carbonyl (C=O) groups is 1. The minimum atomic E-state index is -4.61. The van der Waals surface area contributed by atoms with Crippen molar-refractivity contribution in [2.24, 2.45) is 5.92 Å². The van der Waals surface area contributed by atoms with E-state index in [-0.39, 0.29) is 6.10 Å². The predicted molar refractivity (Wildman–Crippen MR) is 79.7 cm³/mol. The van der Waals surface area contributed by atoms with Crippen LogP contribution in [0.5, 0.6) is 0 Å². The molecule has 0 unspecified atom stereocenters. The number of hydrogen-bond donors (Lipinski definition) is 1. The van der Waals surface area contributed by atoms with Crippen LogP contribution in [0, 0.1) is 5.92 Å². The number of nitrogens with zero attached hydrogens (tertiary/aromatic N) is 1. The lowest BCUT2D eigenvalue weighted by Gasteiger charge is -2.32. The van der Waals surface area contributed by atoms with Crippen LogP contribution >= 0.6 is 0 Å². The van der Waals surface area contributed by atoms with E-state index in [1.54, 1.807) is 0 Å². The number of carbonyl (C=O) groups excluding carboxylic acids is 1. The third-order valence-corrected chi connectivity index (χ3v) is 4.45. The first-order valence-corrected chi connectivity index (χ1v) is 8.05. The second kappa shape index (κ2) is 6.58. The van der Waals surface area contributed by atoms with Crippen LogP contribution in [0.25, 0.3) is 0 Å². The fraction of sp³-hybridized carbons (Fsp3) is 0.625. The molecule has 1 N–H and O–H groups in total. The van der Waals surface area contributed by atoms with Crippen LogP contribution in [0.1, 0.15) is 41.6 Å². The minimum absolute atomic E-state index is 0.0782. The number of nitrogens with one attached hydrogen (secondary N) is 1. The van der Waals surface area contributed by atoms with E-state index in [4.69, 9.17) is 4.74 Å². The maximum absolute atomic E-state index is 12.7. The van der Waals surface area contributed by atoms with E-state index in [1.165, 1.54) is 17.7 Å². The molecule has 2 heterocycles. The van der Waals surface area contributed by atoms with E-state index in [2.05, 4.69) is 0 Å². The van der Waals surface area contributed by atoms with Crippen LogP contribution < -0.4 is 5.56 Å². The van der Waals surface area contributed by atoms with Gasteiger partial charge >= 0.3 is 6.18 Å². The van der Waals surface area contributed by atoms with Crippen LogP contribution in [0.15, 0.2) is 17.1 Å². The molecule has 1 aromatic heterocycles. The molecule has 3 rings (SSSR count). The average molecular weight is 344 g/mol. The van der Waals surface area contributed by atoms with Crippen molar-refractivity contribution < 1.29 is 22.7 Å². The number of aromatic amines is 1. The third kappa shape index (κ3) is 3.98. The SMILES string of the molecule is O=C(c1cc(C(F)(F)F)c[nH]c1=O)N1CCC(OCC2CC2)CC1. The lowest BCUT2D eigenvalue weighted by molar-refractivity contribution is -0.137. The molecule has 0 radical (unpaired) electrons. The molecule has 1 saturated carbocycles. The summed E-state index contributed by atoms with van der Waals surface area (Å²) in [5.74, 6) is -0.00341. The highest BCUT2D eigenvalue weighted by molar-refractivity contribution is 5.94. The molecule has 1 aliphatic carbocycles. The molecule has 24 heavy (non-hydrogen) atoms. The van der Waals surface area contributed by atoms with Gasteiger partial charge < -0.3 is 14.6 Å². The largest absolute Gasteiger partial charge is 0.417 e. The summed E-state index contributed by atoms with van der Waals surface area (Å²) in [7, 11) is 0. The molecule has 0 bridgehead atoms. The van der Waals surface area contributed by atoms with E-state index in [1.807, 2.05) is 4.98 Å². The van der Waals surface area contributed by atoms with Crippen LogP contribution in [0.2, 0.25) is 0 Å². The van der Waals surface area contributed by atoms with E-state index in [0.717, 1.165) is 6.61 Å². The number of halogens is 3. The molecular weight excluding hydrogens is 325 g/mol. The van der Waals surface area contributed by atoms with Gasteiger partial charge in [0.15, 0.2) is 0 Å². The van der Waals surface area contributed by atoms with Gasteiger partial charge in [0.25, 0.3) is 11.5 Å². The van der Waals surface area contributed by atoms with Crippen LogP contribution in [-0.2, 0) is 10.9 Å². The van der Waals surface area contributed by atoms with E-state index >= 15 is 0 Å². The average Bonchev–Trinajstić information content (AvgIpc) is 3.36. The summed E-state index contributed by atoms with van der Waals surface area (Å²) in [5, 5.41) is 0. The predicted octanol–water partition coefficient (Wildman–Crippen LogP) is 2.42. The fourth-order valence-corrected chi connectivity index (χ4v) is 2.76. The van der Waals surface area contributed by atoms with Crippen molar-refractivity contribution in [3.05, 3.63) is 33.7 Å². The van der Waals surface area contributed by atoms with Gasteiger partial charge in [0.2, 0.25) is 0 Å². The standard InChI is InChI=1S/C16H19F3N2O3/c17-16(18,19)11-7-13(14(22)20-8-11)15(23)21-5-3-12(4-6-21)24-9-10-1-2-10/h7-8,10,12H,1-6,9H2,(H,20,22). The Kier molecular flexibility index (Phi) is 4.67. The maximum Gasteiger partial charge on any atom is 0.417 e. The molecule has 0 spiro atoms. The molecule has 0 aromatic carbocycles. The summed E-state index contributed by atoms with van der Waals surface area (Å²) in [6.45, 7) is 1.50. The fourth-order valence-electron chi connectivity index (χ4n) is 2.76. The highest BCUT2D eigenvalue weighted by Crippen LogP contribution is 2.30. The van der Waals surface area contributed by atoms with E-state index in [9.17, 15) is 22.8 Å². The van der Waals surface area contributed by atoms with Gasteiger partial charge in [-0.05, 0) is 37.7 Å². The zero-order valence-electron chi connectivity index (χ0n) is 13.1. The van der Waals surface area contributed by atoms with Gasteiger partial charge in [-0.15, -0.1) is 0 Å². The molecule has 0 atom stereocenters. The first-order chi connectivity index (χ1) is 11.3. The summed E-state index contributed by atoms with van der Waals surface area (Å²) in [5.41, 5.74) is -2.31. The van der Waals surface area contributed by atoms with E-state index < -0.39 is 28.8 Å². The van der Waals surface area contributed by atoms with Crippen molar-refractivity contribution in [1.29, 1.82) is 0 Å². The first kappa shape index (κ1) is 17.0. The van der Waals surface area contributed by atoms with Crippen LogP contribution in [-0.4, -0.2) is 41.6 Å². The lowest BCUT2D eigenvalue weighted by Crippen LogP contribution is -2.42. The number of H-pyrrole nitrogens is 1. The Bertz CT molecular complexity index is 659. The van der Waals surface area contributed by atoms with Crippen molar-refractivity contribution in [2.45, 2.75) is 38.0 Å². The number of aromatic nitrogens is 1. The minimum Gasteiger partial charge on any atom is -0.378 e. The number of ether oxygens (including phenoxy) is 1. The smallest absolute Gasteiger partial charge is 0.378 e. The Hall–Kier alpha value is -1.83. The van der Waals surface area contributed by atoms with Crippen molar-refractivity contribution in [3.8, 4) is 0 Å². The number of pyridine rings is 1. The molecule has 2 aliphatic rings. The summed E-state index contributed by atoms with van der Waals surface area (Å²) >= 11 is 0. The summed E-state index contributed by atoms with van der Waals surface area (Å²) in [6.07, 6.45) is -0.273. The van der Waals surface area contributed by atoms with Gasteiger partial charge in [0, 0.05) is 25.9 Å². The van der Waals surface area contributed by atoms with Gasteiger partial charge in [0.05, 0.1) is 11.7 Å². The zero-order chi connectivity index (χ0) is 17.3. The molecule has 1 aliphatic heterocycles. The van der Waals surface area contributed by atoms with Crippen LogP contribution in [0.3, 0.4) is 0 Å². The van der Waals surface area contributed by atoms with Gasteiger partial charge in [0.1, 0.15) is 5.56 Å². The Morgan fingerprint density at radius 1 is 1.25 bits per heavy atom. The molecule has 132 valence electrons. The summed E-state index contributed by atoms with van der Waals surface area (Å²) in [4.78, 5) is 27.5. The van der Waals surface area contributed by atoms with Gasteiger partial charge in [-0.3, -0.25) is 9.59 Å². The summed E-state index contributed by atoms with van der Waals surface area (Å²) < 4.78 is 44.0. The van der Waals surface area contributed by atoms with Crippen molar-refractivity contribution in [2.75, 3.05) is 19.7 Å². The topological polar surface area (TPSA) is 62.4 Å². The number of piperidine rings is 1. The molecule has 2 fully saturated rings. The molecule has 1 aromatic rings. The van der Waals surface area contributed by atoms with Crippen LogP contribution in [0.4, 0.5) is 13.2 Å². The molecule has 8 heteroatoms. The molecule has 5 nitrogen and oxygen atoms in total. The number of rotatable bonds is 4. The molecule has 1 saturated heterocycles. The van der Waals surface area contributed by atoms with Crippen molar-refractivity contribution in [3.63, 3.8) is 0 Å². The number of hydrogen-bond acceptors (Lipinski definition) is 3. The van der Waals surface area contributed by atoms with Gasteiger partial charge in [-0.25, -0.2) is 0 Å². The Morgan fingerprint density at radius 3 is 2.50 bits per heavy atom. The highest BCUT2D eigenvalue weighted by atomic mass is 19.4. The Morgan fingerprint density at radius 2 is 1.92 bits per heavy atom. The number of alkyl halides is 3. The van der Waals surface area contributed by atoms with Crippen molar-refractivity contribution in [1.82, 2.24) is 9.88 Å². The maximum atomic E-state index is 12.7. The van der Waals surface area contributed by atoms with Crippen molar-refractivity contribution >= 4 is 5.91 Å². The first-order valence-electron chi connectivity index (χ1n) is 8.05. The monoisotopic (exact) mass is 344 g/mol. The van der Waals surface area contributed by atoms with Gasteiger partial charge in [-0.2, -0.15) is 13.2 Å². The quantitative estimate of drug-likeness (QED) is 0.912. The molecule has 1 amide bonds. The third-order valence-electron chi connectivity index (χ3n) is 4.45. The lowest BCUT2D eigenvalue weighted by atomic mass is 10.1. The number of likely N-dealkylation sites (tertiary alicyclic amines) is 1. The second-order valence-electron chi connectivity index (χ2n) is 6.40. The highest BCUT2D eigenvalue weighted by Gasteiger charge is 2.33. The van der Waals surface area contributed by atoms with E-state index in [0.29, 0.717) is 44.1 Å². The Balaban J connectivity index is 1.63. The normalized spacial score (nSPS) is 19.5. The zero-order valence-corrected chi connectivity index (χ0v) is 13.1. The van der Waals surface area contributed by atoms with Gasteiger partial charge in [-0.1, -0.05) is 0 Å².